The van der Waals surface area contributed by atoms with Crippen molar-refractivity contribution in [1.29, 1.82) is 0 Å². The second kappa shape index (κ2) is 10.1. The largest absolute Gasteiger partial charge is 0.511 e. The SMILES string of the molecule is CC(C)N(c1nn(-c2ccc(-c3ccccc3)cc2)cc1OC(=O)O)C(=O)[C@H]1CC[C@H](C)CC1. The molecule has 3 aromatic rings. The third-order valence-electron chi connectivity index (χ3n) is 6.45. The van der Waals surface area contributed by atoms with E-state index >= 15 is 0 Å². The van der Waals surface area contributed by atoms with Crippen molar-refractivity contribution in [1.82, 2.24) is 9.78 Å². The van der Waals surface area contributed by atoms with Gasteiger partial charge in [0.05, 0.1) is 11.9 Å². The highest BCUT2D eigenvalue weighted by atomic mass is 16.7. The summed E-state index contributed by atoms with van der Waals surface area (Å²) in [6.45, 7) is 6.02. The Kier molecular flexibility index (Phi) is 7.01. The molecule has 1 aliphatic rings. The molecule has 1 saturated carbocycles. The standard InChI is InChI=1S/C27H31N3O4/c1-18(2)30(26(31)22-11-9-19(3)10-12-22)25-24(34-27(32)33)17-29(28-25)23-15-13-21(14-16-23)20-7-5-4-6-8-20/h4-8,13-19,22H,9-12H2,1-3H3,(H,32,33)/t19-,22-. The Balaban J connectivity index is 1.67. The molecule has 1 aromatic heterocycles. The van der Waals surface area contributed by atoms with Gasteiger partial charge in [-0.2, -0.15) is 0 Å². The molecule has 0 spiro atoms. The number of benzene rings is 2. The van der Waals surface area contributed by atoms with E-state index in [0.717, 1.165) is 42.5 Å². The highest BCUT2D eigenvalue weighted by molar-refractivity contribution is 5.96. The Morgan fingerprint density at radius 2 is 1.62 bits per heavy atom. The Morgan fingerprint density at radius 3 is 2.21 bits per heavy atom. The van der Waals surface area contributed by atoms with Crippen LogP contribution in [0.2, 0.25) is 0 Å². The molecule has 0 bridgehead atoms. The molecule has 1 aliphatic carbocycles. The lowest BCUT2D eigenvalue weighted by Crippen LogP contribution is -2.42. The fraction of sp³-hybridized carbons (Fsp3) is 0.370. The monoisotopic (exact) mass is 461 g/mol. The number of anilines is 1. The van der Waals surface area contributed by atoms with Gasteiger partial charge < -0.3 is 9.84 Å². The smallest absolute Gasteiger partial charge is 0.449 e. The van der Waals surface area contributed by atoms with Gasteiger partial charge >= 0.3 is 6.16 Å². The van der Waals surface area contributed by atoms with E-state index in [2.05, 4.69) is 12.0 Å². The lowest BCUT2D eigenvalue weighted by molar-refractivity contribution is -0.124. The minimum Gasteiger partial charge on any atom is -0.449 e. The summed E-state index contributed by atoms with van der Waals surface area (Å²) in [4.78, 5) is 26.5. The second-order valence-electron chi connectivity index (χ2n) is 9.30. The van der Waals surface area contributed by atoms with E-state index in [0.29, 0.717) is 5.92 Å². The van der Waals surface area contributed by atoms with Crippen LogP contribution in [0.4, 0.5) is 10.6 Å². The van der Waals surface area contributed by atoms with Crippen LogP contribution >= 0.6 is 0 Å². The van der Waals surface area contributed by atoms with Crippen LogP contribution in [0, 0.1) is 11.8 Å². The Hall–Kier alpha value is -3.61. The third kappa shape index (κ3) is 5.14. The van der Waals surface area contributed by atoms with Crippen LogP contribution in [0.25, 0.3) is 16.8 Å². The number of amides is 1. The van der Waals surface area contributed by atoms with Gasteiger partial charge in [0.15, 0.2) is 5.75 Å². The summed E-state index contributed by atoms with van der Waals surface area (Å²) in [5, 5.41) is 13.9. The first-order valence-electron chi connectivity index (χ1n) is 11.8. The molecule has 2 aromatic carbocycles. The number of aromatic nitrogens is 2. The quantitative estimate of drug-likeness (QED) is 0.444. The number of carbonyl (C=O) groups excluding carboxylic acids is 1. The summed E-state index contributed by atoms with van der Waals surface area (Å²) in [6, 6.07) is 17.6. The summed E-state index contributed by atoms with van der Waals surface area (Å²) in [6.07, 6.45) is 3.78. The number of rotatable bonds is 6. The topological polar surface area (TPSA) is 84.7 Å². The molecule has 0 saturated heterocycles. The van der Waals surface area contributed by atoms with E-state index < -0.39 is 6.16 Å². The van der Waals surface area contributed by atoms with Crippen molar-refractivity contribution >= 4 is 17.9 Å². The first kappa shape index (κ1) is 23.5. The molecular weight excluding hydrogens is 430 g/mol. The highest BCUT2D eigenvalue weighted by Crippen LogP contribution is 2.35. The molecule has 0 radical (unpaired) electrons. The average molecular weight is 462 g/mol. The summed E-state index contributed by atoms with van der Waals surface area (Å²) in [5.74, 6) is 0.785. The van der Waals surface area contributed by atoms with Crippen molar-refractivity contribution in [3.05, 3.63) is 60.8 Å². The maximum atomic E-state index is 13.5. The minimum absolute atomic E-state index is 0.0261. The third-order valence-corrected chi connectivity index (χ3v) is 6.45. The number of hydrogen-bond donors (Lipinski definition) is 1. The van der Waals surface area contributed by atoms with Gasteiger partial charge in [-0.05, 0) is 68.7 Å². The van der Waals surface area contributed by atoms with Crippen molar-refractivity contribution in [2.45, 2.75) is 52.5 Å². The lowest BCUT2D eigenvalue weighted by Gasteiger charge is -2.32. The van der Waals surface area contributed by atoms with Gasteiger partial charge in [-0.25, -0.2) is 9.48 Å². The fourth-order valence-corrected chi connectivity index (χ4v) is 4.56. The molecule has 7 heteroatoms. The Morgan fingerprint density at radius 1 is 1.00 bits per heavy atom. The molecule has 1 amide bonds. The van der Waals surface area contributed by atoms with E-state index in [4.69, 9.17) is 4.74 Å². The molecule has 1 fully saturated rings. The van der Waals surface area contributed by atoms with Gasteiger partial charge in [-0.3, -0.25) is 9.69 Å². The number of nitrogens with zero attached hydrogens (tertiary/aromatic N) is 3. The zero-order valence-electron chi connectivity index (χ0n) is 19.8. The van der Waals surface area contributed by atoms with Crippen molar-refractivity contribution in [3.8, 4) is 22.6 Å². The van der Waals surface area contributed by atoms with E-state index in [1.54, 1.807) is 9.58 Å². The van der Waals surface area contributed by atoms with E-state index in [9.17, 15) is 14.7 Å². The van der Waals surface area contributed by atoms with Crippen LogP contribution in [0.5, 0.6) is 5.75 Å². The van der Waals surface area contributed by atoms with Crippen molar-refractivity contribution in [2.24, 2.45) is 11.8 Å². The van der Waals surface area contributed by atoms with E-state index in [1.807, 2.05) is 68.4 Å². The van der Waals surface area contributed by atoms with Crippen LogP contribution in [-0.4, -0.2) is 33.0 Å². The zero-order chi connectivity index (χ0) is 24.2. The van der Waals surface area contributed by atoms with Gasteiger partial charge in [0.25, 0.3) is 0 Å². The van der Waals surface area contributed by atoms with Crippen LogP contribution in [0.3, 0.4) is 0 Å². The Labute approximate surface area is 200 Å². The fourth-order valence-electron chi connectivity index (χ4n) is 4.56. The average Bonchev–Trinajstić information content (AvgIpc) is 3.22. The summed E-state index contributed by atoms with van der Waals surface area (Å²) >= 11 is 0. The van der Waals surface area contributed by atoms with Crippen molar-refractivity contribution < 1.29 is 19.4 Å². The van der Waals surface area contributed by atoms with Crippen LogP contribution in [-0.2, 0) is 4.79 Å². The Bertz CT molecular complexity index is 1130. The lowest BCUT2D eigenvalue weighted by atomic mass is 9.82. The maximum absolute atomic E-state index is 13.5. The van der Waals surface area contributed by atoms with Gasteiger partial charge in [0.1, 0.15) is 0 Å². The van der Waals surface area contributed by atoms with E-state index in [1.165, 1.54) is 6.20 Å². The van der Waals surface area contributed by atoms with Gasteiger partial charge in [0, 0.05) is 12.0 Å². The van der Waals surface area contributed by atoms with Crippen molar-refractivity contribution in [3.63, 3.8) is 0 Å². The van der Waals surface area contributed by atoms with Crippen LogP contribution in [0.15, 0.2) is 60.8 Å². The molecule has 4 rings (SSSR count). The van der Waals surface area contributed by atoms with Gasteiger partial charge in [-0.15, -0.1) is 5.10 Å². The van der Waals surface area contributed by atoms with Crippen LogP contribution < -0.4 is 9.64 Å². The minimum atomic E-state index is -1.44. The molecular formula is C27H31N3O4. The summed E-state index contributed by atoms with van der Waals surface area (Å²) < 4.78 is 6.63. The molecule has 7 nitrogen and oxygen atoms in total. The molecule has 1 heterocycles. The first-order chi connectivity index (χ1) is 16.3. The number of hydrogen-bond acceptors (Lipinski definition) is 4. The molecule has 34 heavy (non-hydrogen) atoms. The predicted octanol–water partition coefficient (Wildman–Crippen LogP) is 6.16. The highest BCUT2D eigenvalue weighted by Gasteiger charge is 2.34. The predicted molar refractivity (Wildman–Crippen MR) is 131 cm³/mol. The van der Waals surface area contributed by atoms with E-state index in [-0.39, 0.29) is 29.4 Å². The molecule has 0 atom stereocenters. The molecule has 1 N–H and O–H groups in total. The number of carboxylic acid groups (broad SMARTS) is 1. The normalized spacial score (nSPS) is 18.0. The zero-order valence-corrected chi connectivity index (χ0v) is 19.8. The van der Waals surface area contributed by atoms with Gasteiger partial charge in [0.2, 0.25) is 11.7 Å². The molecule has 178 valence electrons. The first-order valence-corrected chi connectivity index (χ1v) is 11.8. The molecule has 0 aliphatic heterocycles. The summed E-state index contributed by atoms with van der Waals surface area (Å²) in [7, 11) is 0. The van der Waals surface area contributed by atoms with Crippen molar-refractivity contribution in [2.75, 3.05) is 4.90 Å². The molecule has 0 unspecified atom stereocenters. The van der Waals surface area contributed by atoms with Crippen LogP contribution in [0.1, 0.15) is 46.5 Å². The number of ether oxygens (including phenoxy) is 1. The maximum Gasteiger partial charge on any atom is 0.511 e. The number of carbonyl (C=O) groups is 2. The summed E-state index contributed by atoms with van der Waals surface area (Å²) in [5.41, 5.74) is 2.90. The second-order valence-corrected chi connectivity index (χ2v) is 9.30. The van der Waals surface area contributed by atoms with Gasteiger partial charge in [-0.1, -0.05) is 49.4 Å².